The van der Waals surface area contributed by atoms with Crippen LogP contribution in [-0.4, -0.2) is 30.0 Å². The van der Waals surface area contributed by atoms with Crippen molar-refractivity contribution in [3.63, 3.8) is 0 Å². The fourth-order valence-electron chi connectivity index (χ4n) is 1.34. The Bertz CT molecular complexity index is 291. The van der Waals surface area contributed by atoms with Crippen LogP contribution in [0.2, 0.25) is 0 Å². The lowest BCUT2D eigenvalue weighted by Gasteiger charge is -2.06. The van der Waals surface area contributed by atoms with Gasteiger partial charge in [-0.2, -0.15) is 0 Å². The quantitative estimate of drug-likeness (QED) is 0.711. The summed E-state index contributed by atoms with van der Waals surface area (Å²) in [7, 11) is 0. The average molecular weight is 243 g/mol. The molecule has 1 heterocycles. The molecule has 1 atom stereocenters. The van der Waals surface area contributed by atoms with Gasteiger partial charge >= 0.3 is 0 Å². The van der Waals surface area contributed by atoms with Crippen LogP contribution in [0.25, 0.3) is 0 Å². The summed E-state index contributed by atoms with van der Waals surface area (Å²) >= 11 is 1.67. The van der Waals surface area contributed by atoms with Crippen molar-refractivity contribution in [3.8, 4) is 0 Å². The van der Waals surface area contributed by atoms with Gasteiger partial charge in [0.1, 0.15) is 10.0 Å². The maximum absolute atomic E-state index is 5.43. The van der Waals surface area contributed by atoms with Crippen LogP contribution >= 0.6 is 11.3 Å². The molecule has 16 heavy (non-hydrogen) atoms. The van der Waals surface area contributed by atoms with Gasteiger partial charge in [0, 0.05) is 13.0 Å². The van der Waals surface area contributed by atoms with Crippen molar-refractivity contribution >= 4 is 11.3 Å². The second kappa shape index (κ2) is 7.70. The Kier molecular flexibility index (Phi) is 6.52. The summed E-state index contributed by atoms with van der Waals surface area (Å²) in [6.07, 6.45) is 1.94. The van der Waals surface area contributed by atoms with Crippen molar-refractivity contribution in [2.75, 3.05) is 19.8 Å². The highest BCUT2D eigenvalue weighted by atomic mass is 32.1. The maximum atomic E-state index is 5.43. The molecule has 0 aliphatic heterocycles. The smallest absolute Gasteiger partial charge is 0.134 e. The van der Waals surface area contributed by atoms with E-state index in [1.807, 2.05) is 0 Å². The minimum atomic E-state index is 0.299. The number of rotatable bonds is 8. The van der Waals surface area contributed by atoms with Crippen LogP contribution in [0.3, 0.4) is 0 Å². The third-order valence-corrected chi connectivity index (χ3v) is 3.34. The van der Waals surface area contributed by atoms with E-state index in [1.165, 1.54) is 0 Å². The van der Waals surface area contributed by atoms with E-state index in [4.69, 9.17) is 4.74 Å². The van der Waals surface area contributed by atoms with Crippen LogP contribution in [0.5, 0.6) is 0 Å². The van der Waals surface area contributed by atoms with Gasteiger partial charge in [-0.25, -0.2) is 0 Å². The summed E-state index contributed by atoms with van der Waals surface area (Å²) in [5.74, 6) is 0. The monoisotopic (exact) mass is 243 g/mol. The normalized spacial score (nSPS) is 12.9. The van der Waals surface area contributed by atoms with E-state index < -0.39 is 0 Å². The molecule has 0 aliphatic rings. The van der Waals surface area contributed by atoms with Gasteiger partial charge in [0.15, 0.2) is 0 Å². The first kappa shape index (κ1) is 13.5. The topological polar surface area (TPSA) is 47.0 Å². The molecular formula is C11H21N3OS. The molecule has 0 amide bonds. The first-order valence-electron chi connectivity index (χ1n) is 5.91. The van der Waals surface area contributed by atoms with Gasteiger partial charge in [0.25, 0.3) is 0 Å². The van der Waals surface area contributed by atoms with Crippen molar-refractivity contribution in [3.05, 3.63) is 10.0 Å². The van der Waals surface area contributed by atoms with E-state index in [0.717, 1.165) is 42.6 Å². The minimum absolute atomic E-state index is 0.299. The zero-order valence-corrected chi connectivity index (χ0v) is 11.1. The van der Waals surface area contributed by atoms with E-state index in [2.05, 4.69) is 36.3 Å². The first-order chi connectivity index (χ1) is 7.77. The largest absolute Gasteiger partial charge is 0.381 e. The summed E-state index contributed by atoms with van der Waals surface area (Å²) in [6.45, 7) is 8.85. The molecular weight excluding hydrogens is 222 g/mol. The number of hydrogen-bond donors (Lipinski definition) is 1. The van der Waals surface area contributed by atoms with Crippen molar-refractivity contribution in [1.29, 1.82) is 0 Å². The molecule has 4 nitrogen and oxygen atoms in total. The third-order valence-electron chi connectivity index (χ3n) is 2.17. The highest BCUT2D eigenvalue weighted by molar-refractivity contribution is 7.11. The van der Waals surface area contributed by atoms with Gasteiger partial charge in [-0.3, -0.25) is 0 Å². The first-order valence-corrected chi connectivity index (χ1v) is 6.73. The molecule has 1 aromatic heterocycles. The molecule has 0 saturated carbocycles. The van der Waals surface area contributed by atoms with Crippen molar-refractivity contribution in [2.24, 2.45) is 0 Å². The van der Waals surface area contributed by atoms with E-state index in [0.29, 0.717) is 6.04 Å². The zero-order chi connectivity index (χ0) is 11.8. The second-order valence-corrected chi connectivity index (χ2v) is 4.77. The molecule has 0 radical (unpaired) electrons. The predicted molar refractivity (Wildman–Crippen MR) is 66.8 cm³/mol. The molecule has 1 aromatic rings. The summed E-state index contributed by atoms with van der Waals surface area (Å²) in [5.41, 5.74) is 0. The molecule has 0 bridgehead atoms. The average Bonchev–Trinajstić information content (AvgIpc) is 2.73. The van der Waals surface area contributed by atoms with Gasteiger partial charge < -0.3 is 10.1 Å². The molecule has 5 heteroatoms. The van der Waals surface area contributed by atoms with Gasteiger partial charge in [-0.1, -0.05) is 25.2 Å². The van der Waals surface area contributed by atoms with Crippen molar-refractivity contribution < 1.29 is 4.74 Å². The molecule has 0 saturated heterocycles. The SMILES string of the molecule is CCCOCCc1nnc(C(C)NCC)s1. The van der Waals surface area contributed by atoms with Crippen LogP contribution in [0.15, 0.2) is 0 Å². The Morgan fingerprint density at radius 2 is 2.12 bits per heavy atom. The second-order valence-electron chi connectivity index (χ2n) is 3.68. The standard InChI is InChI=1S/C11H21N3OS/c1-4-7-15-8-6-10-13-14-11(16-10)9(3)12-5-2/h9,12H,4-8H2,1-3H3. The predicted octanol–water partition coefficient (Wildman–Crippen LogP) is 2.18. The molecule has 92 valence electrons. The van der Waals surface area contributed by atoms with Gasteiger partial charge in [-0.15, -0.1) is 10.2 Å². The molecule has 1 rings (SSSR count). The summed E-state index contributed by atoms with van der Waals surface area (Å²) in [6, 6.07) is 0.299. The van der Waals surface area contributed by atoms with Gasteiger partial charge in [0.05, 0.1) is 12.6 Å². The Balaban J connectivity index is 2.33. The lowest BCUT2D eigenvalue weighted by molar-refractivity contribution is 0.138. The highest BCUT2D eigenvalue weighted by Crippen LogP contribution is 2.17. The van der Waals surface area contributed by atoms with Crippen molar-refractivity contribution in [1.82, 2.24) is 15.5 Å². The van der Waals surface area contributed by atoms with Crippen molar-refractivity contribution in [2.45, 2.75) is 39.7 Å². The van der Waals surface area contributed by atoms with Gasteiger partial charge in [0.2, 0.25) is 0 Å². The fraction of sp³-hybridized carbons (Fsp3) is 0.818. The number of nitrogens with one attached hydrogen (secondary N) is 1. The van der Waals surface area contributed by atoms with E-state index in [1.54, 1.807) is 11.3 Å². The lowest BCUT2D eigenvalue weighted by atomic mass is 10.3. The molecule has 1 N–H and O–H groups in total. The number of ether oxygens (including phenoxy) is 1. The molecule has 0 fully saturated rings. The number of nitrogens with zero attached hydrogens (tertiary/aromatic N) is 2. The number of aromatic nitrogens is 2. The summed E-state index contributed by atoms with van der Waals surface area (Å²) in [5, 5.41) is 13.8. The Labute approximate surface area is 101 Å². The third kappa shape index (κ3) is 4.55. The van der Waals surface area contributed by atoms with Crippen LogP contribution < -0.4 is 5.32 Å². The lowest BCUT2D eigenvalue weighted by Crippen LogP contribution is -2.17. The number of hydrogen-bond acceptors (Lipinski definition) is 5. The molecule has 0 spiro atoms. The van der Waals surface area contributed by atoms with Crippen LogP contribution in [0.4, 0.5) is 0 Å². The molecule has 0 aliphatic carbocycles. The summed E-state index contributed by atoms with van der Waals surface area (Å²) in [4.78, 5) is 0. The Morgan fingerprint density at radius 1 is 1.31 bits per heavy atom. The van der Waals surface area contributed by atoms with Gasteiger partial charge in [-0.05, 0) is 19.9 Å². The Morgan fingerprint density at radius 3 is 2.81 bits per heavy atom. The molecule has 1 unspecified atom stereocenters. The van der Waals surface area contributed by atoms with E-state index in [9.17, 15) is 0 Å². The van der Waals surface area contributed by atoms with E-state index >= 15 is 0 Å². The fourth-order valence-corrected chi connectivity index (χ4v) is 2.19. The summed E-state index contributed by atoms with van der Waals surface area (Å²) < 4.78 is 5.43. The van der Waals surface area contributed by atoms with Crippen LogP contribution in [0.1, 0.15) is 43.2 Å². The Hall–Kier alpha value is -0.520. The van der Waals surface area contributed by atoms with Crippen LogP contribution in [-0.2, 0) is 11.2 Å². The van der Waals surface area contributed by atoms with Crippen LogP contribution in [0, 0.1) is 0 Å². The van der Waals surface area contributed by atoms with E-state index in [-0.39, 0.29) is 0 Å². The maximum Gasteiger partial charge on any atom is 0.134 e. The highest BCUT2D eigenvalue weighted by Gasteiger charge is 2.10. The molecule has 0 aromatic carbocycles. The minimum Gasteiger partial charge on any atom is -0.381 e. The zero-order valence-electron chi connectivity index (χ0n) is 10.3.